The molecule has 2 rings (SSSR count). The Hall–Kier alpha value is -2.94. The SMILES string of the molecule is CCCN(C)C(=O)c1ccc(OS(=O)(=O)c2cccc([N+](=O)[O-])c2)cc1. The Morgan fingerprint density at radius 3 is 2.42 bits per heavy atom. The van der Waals surface area contributed by atoms with Gasteiger partial charge in [0.25, 0.3) is 11.6 Å². The molecule has 0 bridgehead atoms. The molecule has 0 aliphatic heterocycles. The lowest BCUT2D eigenvalue weighted by molar-refractivity contribution is -0.385. The smallest absolute Gasteiger partial charge is 0.339 e. The van der Waals surface area contributed by atoms with Crippen molar-refractivity contribution in [1.29, 1.82) is 0 Å². The summed E-state index contributed by atoms with van der Waals surface area (Å²) >= 11 is 0. The van der Waals surface area contributed by atoms with Gasteiger partial charge in [0.2, 0.25) is 0 Å². The van der Waals surface area contributed by atoms with Gasteiger partial charge in [-0.05, 0) is 36.8 Å². The molecule has 0 spiro atoms. The number of non-ortho nitro benzene ring substituents is 1. The number of hydrogen-bond donors (Lipinski definition) is 0. The average Bonchev–Trinajstić information content (AvgIpc) is 2.61. The number of hydrogen-bond acceptors (Lipinski definition) is 6. The average molecular weight is 378 g/mol. The summed E-state index contributed by atoms with van der Waals surface area (Å²) < 4.78 is 29.5. The Kier molecular flexibility index (Phi) is 5.93. The zero-order valence-corrected chi connectivity index (χ0v) is 15.1. The molecule has 138 valence electrons. The van der Waals surface area contributed by atoms with Crippen LogP contribution in [0.2, 0.25) is 0 Å². The van der Waals surface area contributed by atoms with Crippen molar-refractivity contribution in [3.05, 3.63) is 64.2 Å². The third-order valence-electron chi connectivity index (χ3n) is 3.53. The molecule has 9 heteroatoms. The first-order chi connectivity index (χ1) is 12.2. The number of carbonyl (C=O) groups is 1. The molecular weight excluding hydrogens is 360 g/mol. The molecular formula is C17H18N2O6S. The highest BCUT2D eigenvalue weighted by atomic mass is 32.2. The van der Waals surface area contributed by atoms with Crippen molar-refractivity contribution in [2.45, 2.75) is 18.2 Å². The minimum Gasteiger partial charge on any atom is -0.379 e. The van der Waals surface area contributed by atoms with Crippen molar-refractivity contribution in [3.8, 4) is 5.75 Å². The molecule has 2 aromatic carbocycles. The van der Waals surface area contributed by atoms with Gasteiger partial charge in [-0.3, -0.25) is 14.9 Å². The summed E-state index contributed by atoms with van der Waals surface area (Å²) in [6.07, 6.45) is 0.824. The van der Waals surface area contributed by atoms with Crippen LogP contribution in [-0.2, 0) is 10.1 Å². The highest BCUT2D eigenvalue weighted by molar-refractivity contribution is 7.87. The van der Waals surface area contributed by atoms with E-state index in [9.17, 15) is 23.3 Å². The Bertz CT molecular complexity index is 909. The van der Waals surface area contributed by atoms with Gasteiger partial charge in [0.05, 0.1) is 4.92 Å². The van der Waals surface area contributed by atoms with Crippen molar-refractivity contribution in [3.63, 3.8) is 0 Å². The molecule has 0 heterocycles. The zero-order valence-electron chi connectivity index (χ0n) is 14.3. The number of nitro groups is 1. The maximum Gasteiger partial charge on any atom is 0.339 e. The summed E-state index contributed by atoms with van der Waals surface area (Å²) in [5, 5.41) is 10.8. The van der Waals surface area contributed by atoms with Crippen molar-refractivity contribution < 1.29 is 22.3 Å². The van der Waals surface area contributed by atoms with E-state index in [-0.39, 0.29) is 22.2 Å². The number of benzene rings is 2. The van der Waals surface area contributed by atoms with Crippen LogP contribution in [0, 0.1) is 10.1 Å². The van der Waals surface area contributed by atoms with Crippen molar-refractivity contribution >= 4 is 21.7 Å². The van der Waals surface area contributed by atoms with E-state index in [4.69, 9.17) is 4.18 Å². The summed E-state index contributed by atoms with van der Waals surface area (Å²) in [5.74, 6) is -0.175. The zero-order chi connectivity index (χ0) is 19.3. The topological polar surface area (TPSA) is 107 Å². The Labute approximate surface area is 151 Å². The van der Waals surface area contributed by atoms with E-state index in [1.54, 1.807) is 11.9 Å². The highest BCUT2D eigenvalue weighted by Gasteiger charge is 2.20. The van der Waals surface area contributed by atoms with Crippen molar-refractivity contribution in [1.82, 2.24) is 4.90 Å². The fourth-order valence-electron chi connectivity index (χ4n) is 2.24. The second-order valence-corrected chi connectivity index (χ2v) is 7.09. The molecule has 0 N–H and O–H groups in total. The van der Waals surface area contributed by atoms with Gasteiger partial charge < -0.3 is 9.08 Å². The van der Waals surface area contributed by atoms with Gasteiger partial charge in [-0.15, -0.1) is 0 Å². The maximum absolute atomic E-state index is 12.3. The molecule has 1 amide bonds. The standard InChI is InChI=1S/C17H18N2O6S/c1-3-11-18(2)17(20)13-7-9-15(10-8-13)25-26(23,24)16-6-4-5-14(12-16)19(21)22/h4-10,12H,3,11H2,1-2H3. The van der Waals surface area contributed by atoms with E-state index in [2.05, 4.69) is 0 Å². The predicted octanol–water partition coefficient (Wildman–Crippen LogP) is 2.84. The molecule has 0 atom stereocenters. The first-order valence-corrected chi connectivity index (χ1v) is 9.20. The number of rotatable bonds is 7. The van der Waals surface area contributed by atoms with Crippen LogP contribution in [0.25, 0.3) is 0 Å². The molecule has 0 aromatic heterocycles. The van der Waals surface area contributed by atoms with Gasteiger partial charge in [-0.2, -0.15) is 8.42 Å². The van der Waals surface area contributed by atoms with Crippen LogP contribution < -0.4 is 4.18 Å². The van der Waals surface area contributed by atoms with Crippen LogP contribution >= 0.6 is 0 Å². The minimum atomic E-state index is -4.23. The van der Waals surface area contributed by atoms with Gasteiger partial charge in [0, 0.05) is 31.3 Å². The number of nitrogens with zero attached hydrogens (tertiary/aromatic N) is 2. The van der Waals surface area contributed by atoms with Crippen LogP contribution in [0.5, 0.6) is 5.75 Å². The first-order valence-electron chi connectivity index (χ1n) is 7.79. The largest absolute Gasteiger partial charge is 0.379 e. The van der Waals surface area contributed by atoms with Gasteiger partial charge in [0.15, 0.2) is 0 Å². The molecule has 0 aliphatic carbocycles. The Morgan fingerprint density at radius 1 is 1.19 bits per heavy atom. The Morgan fingerprint density at radius 2 is 1.85 bits per heavy atom. The van der Waals surface area contributed by atoms with Crippen LogP contribution in [0.15, 0.2) is 53.4 Å². The number of amides is 1. The van der Waals surface area contributed by atoms with E-state index in [0.717, 1.165) is 12.5 Å². The monoisotopic (exact) mass is 378 g/mol. The fourth-order valence-corrected chi connectivity index (χ4v) is 3.21. The van der Waals surface area contributed by atoms with E-state index < -0.39 is 15.0 Å². The predicted molar refractivity (Wildman–Crippen MR) is 94.6 cm³/mol. The van der Waals surface area contributed by atoms with E-state index in [1.165, 1.54) is 42.5 Å². The van der Waals surface area contributed by atoms with Gasteiger partial charge in [0.1, 0.15) is 10.6 Å². The van der Waals surface area contributed by atoms with Crippen molar-refractivity contribution in [2.75, 3.05) is 13.6 Å². The summed E-state index contributed by atoms with van der Waals surface area (Å²) in [6, 6.07) is 10.2. The first kappa shape index (κ1) is 19.4. The van der Waals surface area contributed by atoms with Gasteiger partial charge in [-0.1, -0.05) is 13.0 Å². The molecule has 26 heavy (non-hydrogen) atoms. The molecule has 0 fully saturated rings. The van der Waals surface area contributed by atoms with Crippen LogP contribution in [0.1, 0.15) is 23.7 Å². The molecule has 0 unspecified atom stereocenters. The molecule has 2 aromatic rings. The molecule has 0 aliphatic rings. The third-order valence-corrected chi connectivity index (χ3v) is 4.77. The molecule has 0 radical (unpaired) electrons. The Balaban J connectivity index is 2.19. The quantitative estimate of drug-likeness (QED) is 0.416. The van der Waals surface area contributed by atoms with E-state index in [0.29, 0.717) is 12.1 Å². The molecule has 0 saturated carbocycles. The normalized spacial score (nSPS) is 11.0. The lowest BCUT2D eigenvalue weighted by Crippen LogP contribution is -2.27. The van der Waals surface area contributed by atoms with Crippen molar-refractivity contribution in [2.24, 2.45) is 0 Å². The summed E-state index contributed by atoms with van der Waals surface area (Å²) in [6.45, 7) is 2.57. The maximum atomic E-state index is 12.3. The van der Waals surface area contributed by atoms with E-state index >= 15 is 0 Å². The second kappa shape index (κ2) is 7.96. The van der Waals surface area contributed by atoms with Crippen LogP contribution in [0.4, 0.5) is 5.69 Å². The minimum absolute atomic E-state index is 0.00574. The lowest BCUT2D eigenvalue weighted by Gasteiger charge is -2.16. The number of nitro benzene ring substituents is 1. The lowest BCUT2D eigenvalue weighted by atomic mass is 10.2. The van der Waals surface area contributed by atoms with Crippen LogP contribution in [0.3, 0.4) is 0 Å². The fraction of sp³-hybridized carbons (Fsp3) is 0.235. The summed E-state index contributed by atoms with van der Waals surface area (Å²) in [7, 11) is -2.54. The third kappa shape index (κ3) is 4.57. The van der Waals surface area contributed by atoms with Crippen LogP contribution in [-0.4, -0.2) is 37.7 Å². The van der Waals surface area contributed by atoms with E-state index in [1.807, 2.05) is 6.92 Å². The molecule has 0 saturated heterocycles. The van der Waals surface area contributed by atoms with Gasteiger partial charge >= 0.3 is 10.1 Å². The molecule has 8 nitrogen and oxygen atoms in total. The summed E-state index contributed by atoms with van der Waals surface area (Å²) in [4.78, 5) is 23.5. The number of carbonyl (C=O) groups excluding carboxylic acids is 1. The van der Waals surface area contributed by atoms with Gasteiger partial charge in [-0.25, -0.2) is 0 Å². The second-order valence-electron chi connectivity index (χ2n) is 5.54. The summed E-state index contributed by atoms with van der Waals surface area (Å²) in [5.41, 5.74) is 0.0515. The highest BCUT2D eigenvalue weighted by Crippen LogP contribution is 2.22.